The molecule has 0 bridgehead atoms. The van der Waals surface area contributed by atoms with Gasteiger partial charge in [-0.15, -0.1) is 0 Å². The van der Waals surface area contributed by atoms with Crippen molar-refractivity contribution in [2.45, 2.75) is 19.1 Å². The van der Waals surface area contributed by atoms with Crippen molar-refractivity contribution in [1.82, 2.24) is 4.72 Å². The molecule has 0 aliphatic carbocycles. The van der Waals surface area contributed by atoms with Gasteiger partial charge in [-0.2, -0.15) is 0 Å². The van der Waals surface area contributed by atoms with E-state index in [4.69, 9.17) is 4.74 Å². The number of carbonyl (C=O) groups excluding carboxylic acids is 2. The molecule has 26 heavy (non-hydrogen) atoms. The Morgan fingerprint density at radius 2 is 1.77 bits per heavy atom. The molecule has 0 saturated heterocycles. The maximum Gasteiger partial charge on any atom is 0.415 e. The third kappa shape index (κ3) is 4.02. The first-order chi connectivity index (χ1) is 12.3. The molecule has 1 atom stereocenters. The van der Waals surface area contributed by atoms with Crippen LogP contribution in [0.2, 0.25) is 0 Å². The summed E-state index contributed by atoms with van der Waals surface area (Å²) in [6.07, 6.45) is 0.413. The molecule has 1 aliphatic rings. The molecule has 0 aromatic heterocycles. The number of para-hydroxylation sites is 1. The molecular formula is C18H18N2O5S. The molecule has 0 spiro atoms. The lowest BCUT2D eigenvalue weighted by Gasteiger charge is -2.23. The minimum Gasteiger partial charge on any atom is -0.444 e. The first kappa shape index (κ1) is 17.9. The highest BCUT2D eigenvalue weighted by atomic mass is 32.2. The zero-order valence-corrected chi connectivity index (χ0v) is 14.9. The maximum absolute atomic E-state index is 12.6. The molecule has 0 radical (unpaired) electrons. The van der Waals surface area contributed by atoms with Gasteiger partial charge >= 0.3 is 6.09 Å². The third-order valence-electron chi connectivity index (χ3n) is 3.97. The van der Waals surface area contributed by atoms with Gasteiger partial charge in [0.25, 0.3) is 5.91 Å². The largest absolute Gasteiger partial charge is 0.444 e. The van der Waals surface area contributed by atoms with E-state index in [9.17, 15) is 18.0 Å². The predicted octanol–water partition coefficient (Wildman–Crippen LogP) is 1.83. The van der Waals surface area contributed by atoms with Gasteiger partial charge in [-0.25, -0.2) is 13.2 Å². The second kappa shape index (κ2) is 7.17. The number of nitrogens with zero attached hydrogens (tertiary/aromatic N) is 1. The highest BCUT2D eigenvalue weighted by molar-refractivity contribution is 7.89. The van der Waals surface area contributed by atoms with Crippen LogP contribution < -0.4 is 9.62 Å². The van der Waals surface area contributed by atoms with E-state index in [2.05, 4.69) is 0 Å². The summed E-state index contributed by atoms with van der Waals surface area (Å²) in [6, 6.07) is 15.2. The average molecular weight is 374 g/mol. The lowest BCUT2D eigenvalue weighted by molar-refractivity contribution is -0.120. The summed E-state index contributed by atoms with van der Waals surface area (Å²) < 4.78 is 30.1. The third-order valence-corrected chi connectivity index (χ3v) is 4.54. The van der Waals surface area contributed by atoms with Crippen LogP contribution in [0, 0.1) is 0 Å². The van der Waals surface area contributed by atoms with Crippen molar-refractivity contribution < 1.29 is 22.7 Å². The number of ether oxygens (including phenoxy) is 1. The Morgan fingerprint density at radius 3 is 2.46 bits per heavy atom. The summed E-state index contributed by atoms with van der Waals surface area (Å²) in [5.41, 5.74) is 2.13. The second-order valence-electron chi connectivity index (χ2n) is 6.00. The number of amides is 2. The minimum absolute atomic E-state index is 0.0543. The van der Waals surface area contributed by atoms with E-state index < -0.39 is 28.1 Å². The van der Waals surface area contributed by atoms with Crippen LogP contribution in [0.5, 0.6) is 0 Å². The molecule has 1 N–H and O–H groups in total. The van der Waals surface area contributed by atoms with Crippen LogP contribution in [0.3, 0.4) is 0 Å². The monoisotopic (exact) mass is 374 g/mol. The summed E-state index contributed by atoms with van der Waals surface area (Å²) in [4.78, 5) is 26.2. The number of hydrogen-bond donors (Lipinski definition) is 1. The van der Waals surface area contributed by atoms with Gasteiger partial charge in [-0.1, -0.05) is 48.5 Å². The quantitative estimate of drug-likeness (QED) is 0.881. The summed E-state index contributed by atoms with van der Waals surface area (Å²) in [7, 11) is -3.73. The zero-order valence-electron chi connectivity index (χ0n) is 14.1. The van der Waals surface area contributed by atoms with E-state index in [-0.39, 0.29) is 13.0 Å². The van der Waals surface area contributed by atoms with Crippen LogP contribution in [0.15, 0.2) is 54.6 Å². The molecule has 0 saturated carbocycles. The van der Waals surface area contributed by atoms with Crippen LogP contribution in [0.4, 0.5) is 10.5 Å². The van der Waals surface area contributed by atoms with E-state index in [0.717, 1.165) is 17.4 Å². The summed E-state index contributed by atoms with van der Waals surface area (Å²) >= 11 is 0. The van der Waals surface area contributed by atoms with Crippen LogP contribution >= 0.6 is 0 Å². The van der Waals surface area contributed by atoms with E-state index in [1.165, 1.54) is 4.90 Å². The van der Waals surface area contributed by atoms with Crippen molar-refractivity contribution in [1.29, 1.82) is 0 Å². The average Bonchev–Trinajstić information content (AvgIpc) is 2.99. The topological polar surface area (TPSA) is 92.8 Å². The number of carbonyl (C=O) groups is 2. The number of fused-ring (bicyclic) bond motifs is 1. The standard InChI is InChI=1S/C18H18N2O5S/c1-26(23,24)19-17(21)16-11-14-9-5-6-10-15(14)20(16)18(22)25-12-13-7-3-2-4-8-13/h2-10,16H,11-12H2,1H3,(H,19,21). The van der Waals surface area contributed by atoms with E-state index >= 15 is 0 Å². The van der Waals surface area contributed by atoms with Crippen molar-refractivity contribution in [3.8, 4) is 0 Å². The van der Waals surface area contributed by atoms with Crippen LogP contribution in [-0.2, 0) is 32.6 Å². The fraction of sp³-hybridized carbons (Fsp3) is 0.222. The summed E-state index contributed by atoms with van der Waals surface area (Å²) in [5, 5.41) is 0. The number of sulfonamides is 1. The van der Waals surface area contributed by atoms with Gasteiger partial charge in [-0.3, -0.25) is 14.4 Å². The van der Waals surface area contributed by atoms with Gasteiger partial charge in [0, 0.05) is 6.42 Å². The van der Waals surface area contributed by atoms with Crippen molar-refractivity contribution in [3.63, 3.8) is 0 Å². The molecule has 7 nitrogen and oxygen atoms in total. The van der Waals surface area contributed by atoms with Gasteiger partial charge in [0.1, 0.15) is 12.6 Å². The first-order valence-corrected chi connectivity index (χ1v) is 9.84. The molecule has 8 heteroatoms. The van der Waals surface area contributed by atoms with Gasteiger partial charge in [0.2, 0.25) is 10.0 Å². The fourth-order valence-electron chi connectivity index (χ4n) is 2.86. The zero-order chi connectivity index (χ0) is 18.7. The second-order valence-corrected chi connectivity index (χ2v) is 7.75. The fourth-order valence-corrected chi connectivity index (χ4v) is 3.36. The number of hydrogen-bond acceptors (Lipinski definition) is 5. The molecule has 1 heterocycles. The predicted molar refractivity (Wildman–Crippen MR) is 96.0 cm³/mol. The molecule has 1 aliphatic heterocycles. The lowest BCUT2D eigenvalue weighted by Crippen LogP contribution is -2.49. The van der Waals surface area contributed by atoms with Gasteiger partial charge in [0.05, 0.1) is 11.9 Å². The number of nitrogens with one attached hydrogen (secondary N) is 1. The molecular weight excluding hydrogens is 356 g/mol. The normalized spacial score (nSPS) is 16.0. The maximum atomic E-state index is 12.6. The first-order valence-electron chi connectivity index (χ1n) is 7.94. The highest BCUT2D eigenvalue weighted by Gasteiger charge is 2.40. The SMILES string of the molecule is CS(=O)(=O)NC(=O)C1Cc2ccccc2N1C(=O)OCc1ccccc1. The van der Waals surface area contributed by atoms with Crippen molar-refractivity contribution in [3.05, 3.63) is 65.7 Å². The molecule has 2 aromatic carbocycles. The van der Waals surface area contributed by atoms with E-state index in [1.807, 2.05) is 35.1 Å². The highest BCUT2D eigenvalue weighted by Crippen LogP contribution is 2.33. The molecule has 2 amide bonds. The van der Waals surface area contributed by atoms with Crippen LogP contribution in [-0.4, -0.2) is 32.7 Å². The molecule has 1 unspecified atom stereocenters. The van der Waals surface area contributed by atoms with E-state index in [1.54, 1.807) is 24.3 Å². The van der Waals surface area contributed by atoms with Crippen LogP contribution in [0.25, 0.3) is 0 Å². The van der Waals surface area contributed by atoms with Gasteiger partial charge in [0.15, 0.2) is 0 Å². The van der Waals surface area contributed by atoms with Gasteiger partial charge < -0.3 is 4.74 Å². The van der Waals surface area contributed by atoms with Crippen molar-refractivity contribution in [2.75, 3.05) is 11.2 Å². The van der Waals surface area contributed by atoms with E-state index in [0.29, 0.717) is 5.69 Å². The Labute approximate surface area is 151 Å². The number of anilines is 1. The Hall–Kier alpha value is -2.87. The van der Waals surface area contributed by atoms with Crippen molar-refractivity contribution in [2.24, 2.45) is 0 Å². The Bertz CT molecular complexity index is 928. The van der Waals surface area contributed by atoms with Gasteiger partial charge in [-0.05, 0) is 17.2 Å². The minimum atomic E-state index is -3.73. The molecule has 3 rings (SSSR count). The van der Waals surface area contributed by atoms with Crippen molar-refractivity contribution >= 4 is 27.7 Å². The summed E-state index contributed by atoms with van der Waals surface area (Å²) in [5.74, 6) is -0.764. The molecule has 2 aromatic rings. The lowest BCUT2D eigenvalue weighted by atomic mass is 10.1. The Morgan fingerprint density at radius 1 is 1.12 bits per heavy atom. The van der Waals surface area contributed by atoms with Crippen LogP contribution in [0.1, 0.15) is 11.1 Å². The summed E-state index contributed by atoms with van der Waals surface area (Å²) in [6.45, 7) is 0.0543. The number of benzene rings is 2. The Balaban J connectivity index is 1.82. The smallest absolute Gasteiger partial charge is 0.415 e. The Kier molecular flexibility index (Phi) is 4.94. The molecule has 0 fully saturated rings. The number of rotatable bonds is 4. The molecule has 136 valence electrons.